The van der Waals surface area contributed by atoms with Gasteiger partial charge in [0.05, 0.1) is 28.2 Å². The zero-order valence-electron chi connectivity index (χ0n) is 26.3. The number of hydrogen-bond acceptors (Lipinski definition) is 2. The van der Waals surface area contributed by atoms with Gasteiger partial charge in [0.1, 0.15) is 0 Å². The van der Waals surface area contributed by atoms with Crippen LogP contribution in [0.3, 0.4) is 0 Å². The fraction of sp³-hybridized carbons (Fsp3) is 0.487. The van der Waals surface area contributed by atoms with Crippen molar-refractivity contribution in [1.29, 1.82) is 0 Å². The van der Waals surface area contributed by atoms with Crippen LogP contribution in [0.1, 0.15) is 114 Å². The van der Waals surface area contributed by atoms with Crippen LogP contribution in [0.4, 0.5) is 0 Å². The van der Waals surface area contributed by atoms with E-state index in [1.807, 2.05) is 4.68 Å². The normalized spacial score (nSPS) is 18.0. The molecule has 2 saturated carbocycles. The smallest absolute Gasteiger partial charge is 0.0744 e. The third-order valence-electron chi connectivity index (χ3n) is 11.0. The van der Waals surface area contributed by atoms with Gasteiger partial charge in [-0.3, -0.25) is 4.98 Å². The predicted molar refractivity (Wildman–Crippen MR) is 175 cm³/mol. The lowest BCUT2D eigenvalue weighted by molar-refractivity contribution is 0.282. The van der Waals surface area contributed by atoms with E-state index in [1.54, 1.807) is 0 Å². The van der Waals surface area contributed by atoms with Gasteiger partial charge in [-0.05, 0) is 111 Å². The standard InChI is InChI=1S/C39H49N3/c1-5-38(21-7-8-22-38)28-30-14-11-16-32(26-30)34-18-13-19-35(40-34)37(3,4)36-20-25-42(41-36)33-17-12-15-31(27-33)29-39(6-2)23-9-10-24-39/h11-20,25-27H,5-10,21-24,28-29H2,1-4H3. The van der Waals surface area contributed by atoms with Crippen LogP contribution in [0.2, 0.25) is 0 Å². The Hall–Kier alpha value is -3.20. The molecule has 2 aromatic heterocycles. The predicted octanol–water partition coefficient (Wildman–Crippen LogP) is 10.3. The van der Waals surface area contributed by atoms with E-state index in [4.69, 9.17) is 10.1 Å². The SMILES string of the molecule is CCC1(Cc2cccc(-c3cccc(C(C)(C)c4ccn(-c5cccc(CC6(CC)CCCC6)c5)n4)n3)c2)CCCC1. The molecule has 0 unspecified atom stereocenters. The zero-order valence-corrected chi connectivity index (χ0v) is 26.3. The van der Waals surface area contributed by atoms with Crippen molar-refractivity contribution in [1.82, 2.24) is 14.8 Å². The van der Waals surface area contributed by atoms with Gasteiger partial charge in [0.2, 0.25) is 0 Å². The van der Waals surface area contributed by atoms with Crippen molar-refractivity contribution < 1.29 is 0 Å². The van der Waals surface area contributed by atoms with Crippen LogP contribution in [-0.4, -0.2) is 14.8 Å². The molecular formula is C39H49N3. The molecule has 0 N–H and O–H groups in total. The maximum absolute atomic E-state index is 5.22. The first kappa shape index (κ1) is 28.9. The molecule has 2 fully saturated rings. The molecule has 42 heavy (non-hydrogen) atoms. The van der Waals surface area contributed by atoms with Gasteiger partial charge in [-0.25, -0.2) is 4.68 Å². The number of nitrogens with zero attached hydrogens (tertiary/aromatic N) is 3. The summed E-state index contributed by atoms with van der Waals surface area (Å²) in [5.74, 6) is 0. The lowest BCUT2D eigenvalue weighted by Crippen LogP contribution is -2.22. The molecule has 2 aliphatic carbocycles. The van der Waals surface area contributed by atoms with Crippen LogP contribution in [0.5, 0.6) is 0 Å². The molecular weight excluding hydrogens is 510 g/mol. The van der Waals surface area contributed by atoms with Gasteiger partial charge in [-0.1, -0.05) is 88.8 Å². The Kier molecular flexibility index (Phi) is 8.13. The van der Waals surface area contributed by atoms with E-state index in [9.17, 15) is 0 Å². The molecule has 0 saturated heterocycles. The van der Waals surface area contributed by atoms with Crippen LogP contribution < -0.4 is 0 Å². The summed E-state index contributed by atoms with van der Waals surface area (Å²) in [6.07, 6.45) is 18.0. The third kappa shape index (κ3) is 5.85. The summed E-state index contributed by atoms with van der Waals surface area (Å²) in [5, 5.41) is 5.11. The Morgan fingerprint density at radius 2 is 1.29 bits per heavy atom. The number of aromatic nitrogens is 3. The average molecular weight is 560 g/mol. The molecule has 2 heterocycles. The van der Waals surface area contributed by atoms with E-state index >= 15 is 0 Å². The summed E-state index contributed by atoms with van der Waals surface area (Å²) >= 11 is 0. The van der Waals surface area contributed by atoms with Gasteiger partial charge >= 0.3 is 0 Å². The number of hydrogen-bond donors (Lipinski definition) is 0. The van der Waals surface area contributed by atoms with Crippen molar-refractivity contribution in [2.24, 2.45) is 10.8 Å². The van der Waals surface area contributed by atoms with Gasteiger partial charge in [-0.2, -0.15) is 5.10 Å². The molecule has 4 aromatic rings. The molecule has 0 bridgehead atoms. The number of benzene rings is 2. The van der Waals surface area contributed by atoms with E-state index in [1.165, 1.54) is 93.7 Å². The van der Waals surface area contributed by atoms with E-state index in [2.05, 4.69) is 107 Å². The molecule has 220 valence electrons. The minimum atomic E-state index is -0.317. The zero-order chi connectivity index (χ0) is 29.2. The van der Waals surface area contributed by atoms with Crippen molar-refractivity contribution >= 4 is 0 Å². The second kappa shape index (κ2) is 11.8. The first-order valence-electron chi connectivity index (χ1n) is 16.6. The van der Waals surface area contributed by atoms with Crippen molar-refractivity contribution in [3.63, 3.8) is 0 Å². The first-order chi connectivity index (χ1) is 20.3. The lowest BCUT2D eigenvalue weighted by atomic mass is 9.77. The lowest BCUT2D eigenvalue weighted by Gasteiger charge is -2.27. The second-order valence-corrected chi connectivity index (χ2v) is 14.0. The van der Waals surface area contributed by atoms with Crippen LogP contribution in [0, 0.1) is 10.8 Å². The van der Waals surface area contributed by atoms with Crippen LogP contribution in [-0.2, 0) is 18.3 Å². The molecule has 3 heteroatoms. The Morgan fingerprint density at radius 1 is 0.690 bits per heavy atom. The summed E-state index contributed by atoms with van der Waals surface area (Å²) < 4.78 is 2.05. The molecule has 0 aliphatic heterocycles. The first-order valence-corrected chi connectivity index (χ1v) is 16.6. The van der Waals surface area contributed by atoms with Gasteiger partial charge in [0, 0.05) is 11.8 Å². The Morgan fingerprint density at radius 3 is 1.93 bits per heavy atom. The maximum Gasteiger partial charge on any atom is 0.0744 e. The Bertz CT molecular complexity index is 1500. The minimum Gasteiger partial charge on any atom is -0.252 e. The highest BCUT2D eigenvalue weighted by Crippen LogP contribution is 2.45. The topological polar surface area (TPSA) is 30.7 Å². The van der Waals surface area contributed by atoms with Gasteiger partial charge in [0.25, 0.3) is 0 Å². The Labute approximate surface area is 253 Å². The van der Waals surface area contributed by atoms with Crippen LogP contribution in [0.15, 0.2) is 79.0 Å². The van der Waals surface area contributed by atoms with E-state index in [-0.39, 0.29) is 5.41 Å². The highest BCUT2D eigenvalue weighted by molar-refractivity contribution is 5.60. The van der Waals surface area contributed by atoms with Crippen molar-refractivity contribution in [2.75, 3.05) is 0 Å². The van der Waals surface area contributed by atoms with Gasteiger partial charge in [0.15, 0.2) is 0 Å². The number of pyridine rings is 1. The fourth-order valence-electron chi connectivity index (χ4n) is 7.95. The highest BCUT2D eigenvalue weighted by Gasteiger charge is 2.33. The van der Waals surface area contributed by atoms with Gasteiger partial charge < -0.3 is 0 Å². The van der Waals surface area contributed by atoms with E-state index < -0.39 is 0 Å². The number of rotatable bonds is 10. The largest absolute Gasteiger partial charge is 0.252 e. The molecule has 0 atom stereocenters. The molecule has 3 nitrogen and oxygen atoms in total. The third-order valence-corrected chi connectivity index (χ3v) is 11.0. The molecule has 0 spiro atoms. The molecule has 6 rings (SSSR count). The van der Waals surface area contributed by atoms with Gasteiger partial charge in [-0.15, -0.1) is 0 Å². The average Bonchev–Trinajstić information content (AvgIpc) is 3.80. The molecule has 0 radical (unpaired) electrons. The summed E-state index contributed by atoms with van der Waals surface area (Å²) in [5.41, 5.74) is 9.03. The maximum atomic E-state index is 5.22. The van der Waals surface area contributed by atoms with E-state index in [0.29, 0.717) is 10.8 Å². The molecule has 2 aromatic carbocycles. The molecule has 0 amide bonds. The Balaban J connectivity index is 1.22. The quantitative estimate of drug-likeness (QED) is 0.193. The highest BCUT2D eigenvalue weighted by atomic mass is 15.3. The van der Waals surface area contributed by atoms with Crippen molar-refractivity contribution in [3.8, 4) is 16.9 Å². The van der Waals surface area contributed by atoms with Crippen LogP contribution in [0.25, 0.3) is 16.9 Å². The monoisotopic (exact) mass is 559 g/mol. The fourth-order valence-corrected chi connectivity index (χ4v) is 7.95. The van der Waals surface area contributed by atoms with Crippen LogP contribution >= 0.6 is 0 Å². The second-order valence-electron chi connectivity index (χ2n) is 14.0. The minimum absolute atomic E-state index is 0.317. The summed E-state index contributed by atoms with van der Waals surface area (Å²) in [6.45, 7) is 9.23. The summed E-state index contributed by atoms with van der Waals surface area (Å²) in [7, 11) is 0. The summed E-state index contributed by atoms with van der Waals surface area (Å²) in [6, 6.07) is 26.8. The van der Waals surface area contributed by atoms with E-state index in [0.717, 1.165) is 22.8 Å². The van der Waals surface area contributed by atoms with Crippen molar-refractivity contribution in [2.45, 2.75) is 110 Å². The molecule has 2 aliphatic rings. The summed E-state index contributed by atoms with van der Waals surface area (Å²) in [4.78, 5) is 5.22. The van der Waals surface area contributed by atoms with Crippen molar-refractivity contribution in [3.05, 3.63) is 102 Å².